The Bertz CT molecular complexity index is 484. The molecule has 4 nitrogen and oxygen atoms in total. The molecule has 0 aromatic carbocycles. The molecule has 0 bridgehead atoms. The van der Waals surface area contributed by atoms with Crippen molar-refractivity contribution in [3.63, 3.8) is 0 Å². The maximum atomic E-state index is 4.32. The minimum absolute atomic E-state index is 0.879. The fourth-order valence-electron chi connectivity index (χ4n) is 1.88. The quantitative estimate of drug-likeness (QED) is 0.844. The van der Waals surface area contributed by atoms with Gasteiger partial charge in [0.1, 0.15) is 5.82 Å². The molecule has 0 spiro atoms. The molecule has 19 heavy (non-hydrogen) atoms. The maximum Gasteiger partial charge on any atom is 0.126 e. The average Bonchev–Trinajstić information content (AvgIpc) is 2.89. The third-order valence-electron chi connectivity index (χ3n) is 2.75. The molecule has 0 saturated carbocycles. The largest absolute Gasteiger partial charge is 0.370 e. The summed E-state index contributed by atoms with van der Waals surface area (Å²) < 4.78 is 0. The number of nitrogens with zero attached hydrogens (tertiary/aromatic N) is 3. The predicted octanol–water partition coefficient (Wildman–Crippen LogP) is 2.99. The van der Waals surface area contributed by atoms with Gasteiger partial charge in [-0.05, 0) is 31.2 Å². The average molecular weight is 276 g/mol. The van der Waals surface area contributed by atoms with Crippen molar-refractivity contribution in [2.45, 2.75) is 26.4 Å². The second kappa shape index (κ2) is 7.21. The first-order valence-electron chi connectivity index (χ1n) is 6.52. The van der Waals surface area contributed by atoms with Crippen LogP contribution in [0.25, 0.3) is 0 Å². The van der Waals surface area contributed by atoms with Crippen LogP contribution in [0.3, 0.4) is 0 Å². The summed E-state index contributed by atoms with van der Waals surface area (Å²) in [5.74, 6) is 0.960. The summed E-state index contributed by atoms with van der Waals surface area (Å²) in [7, 11) is 2.11. The summed E-state index contributed by atoms with van der Waals surface area (Å²) in [5.41, 5.74) is 4.28. The number of hydrogen-bond donors (Lipinski definition) is 1. The van der Waals surface area contributed by atoms with Crippen molar-refractivity contribution in [1.29, 1.82) is 0 Å². The van der Waals surface area contributed by atoms with Gasteiger partial charge in [-0.3, -0.25) is 4.90 Å². The zero-order valence-electron chi connectivity index (χ0n) is 11.5. The second-order valence-electron chi connectivity index (χ2n) is 4.63. The van der Waals surface area contributed by atoms with E-state index >= 15 is 0 Å². The van der Waals surface area contributed by atoms with Crippen molar-refractivity contribution in [3.8, 4) is 0 Å². The van der Waals surface area contributed by atoms with Crippen molar-refractivity contribution in [2.24, 2.45) is 0 Å². The van der Waals surface area contributed by atoms with E-state index in [9.17, 15) is 0 Å². The van der Waals surface area contributed by atoms with Crippen molar-refractivity contribution in [2.75, 3.05) is 18.9 Å². The molecule has 0 aliphatic rings. The molecule has 0 amide bonds. The van der Waals surface area contributed by atoms with E-state index in [1.807, 2.05) is 11.7 Å². The number of anilines is 1. The molecule has 0 atom stereocenters. The summed E-state index contributed by atoms with van der Waals surface area (Å²) in [6.45, 7) is 4.90. The highest BCUT2D eigenvalue weighted by atomic mass is 32.1. The lowest BCUT2D eigenvalue weighted by molar-refractivity contribution is 0.316. The van der Waals surface area contributed by atoms with E-state index < -0.39 is 0 Å². The highest BCUT2D eigenvalue weighted by Crippen LogP contribution is 2.11. The van der Waals surface area contributed by atoms with Gasteiger partial charge in [0.2, 0.25) is 0 Å². The molecule has 5 heteroatoms. The van der Waals surface area contributed by atoms with Gasteiger partial charge in [0.05, 0.1) is 11.2 Å². The van der Waals surface area contributed by atoms with Gasteiger partial charge >= 0.3 is 0 Å². The Balaban J connectivity index is 1.90. The van der Waals surface area contributed by atoms with Crippen LogP contribution in [0.5, 0.6) is 0 Å². The lowest BCUT2D eigenvalue weighted by Crippen LogP contribution is -2.17. The monoisotopic (exact) mass is 276 g/mol. The first-order valence-corrected chi connectivity index (χ1v) is 7.46. The van der Waals surface area contributed by atoms with E-state index in [4.69, 9.17) is 0 Å². The minimum Gasteiger partial charge on any atom is -0.370 e. The van der Waals surface area contributed by atoms with Crippen LogP contribution in [-0.4, -0.2) is 28.5 Å². The van der Waals surface area contributed by atoms with Gasteiger partial charge < -0.3 is 5.32 Å². The van der Waals surface area contributed by atoms with E-state index in [0.29, 0.717) is 0 Å². The molecule has 0 unspecified atom stereocenters. The Morgan fingerprint density at radius 1 is 1.32 bits per heavy atom. The summed E-state index contributed by atoms with van der Waals surface area (Å²) in [4.78, 5) is 10.9. The van der Waals surface area contributed by atoms with E-state index in [0.717, 1.165) is 37.6 Å². The van der Waals surface area contributed by atoms with Crippen molar-refractivity contribution in [1.82, 2.24) is 14.9 Å². The smallest absolute Gasteiger partial charge is 0.126 e. The topological polar surface area (TPSA) is 41.0 Å². The van der Waals surface area contributed by atoms with Gasteiger partial charge in [-0.1, -0.05) is 6.92 Å². The van der Waals surface area contributed by atoms with E-state index in [1.54, 1.807) is 11.3 Å². The Labute approximate surface area is 118 Å². The van der Waals surface area contributed by atoms with E-state index in [1.165, 1.54) is 5.56 Å². The number of pyridine rings is 1. The molecule has 0 aliphatic carbocycles. The molecular formula is C14H20N4S. The third-order valence-corrected chi connectivity index (χ3v) is 3.38. The van der Waals surface area contributed by atoms with Crippen LogP contribution >= 0.6 is 11.3 Å². The number of rotatable bonds is 7. The Morgan fingerprint density at radius 3 is 2.95 bits per heavy atom. The van der Waals surface area contributed by atoms with Gasteiger partial charge in [-0.15, -0.1) is 11.3 Å². The zero-order valence-corrected chi connectivity index (χ0v) is 12.3. The minimum atomic E-state index is 0.879. The predicted molar refractivity (Wildman–Crippen MR) is 80.3 cm³/mol. The molecule has 2 rings (SSSR count). The Kier molecular flexibility index (Phi) is 5.30. The molecule has 102 valence electrons. The van der Waals surface area contributed by atoms with Gasteiger partial charge in [0, 0.05) is 31.2 Å². The van der Waals surface area contributed by atoms with Gasteiger partial charge in [-0.2, -0.15) is 0 Å². The molecule has 2 aromatic rings. The molecule has 2 aromatic heterocycles. The first kappa shape index (κ1) is 14.0. The Morgan fingerprint density at radius 2 is 2.21 bits per heavy atom. The lowest BCUT2D eigenvalue weighted by Gasteiger charge is -2.15. The van der Waals surface area contributed by atoms with Gasteiger partial charge in [0.25, 0.3) is 0 Å². The molecule has 0 aliphatic heterocycles. The SMILES string of the molecule is CCCNc1cc(CN(C)Cc2cscn2)ccn1. The molecule has 0 saturated heterocycles. The normalized spacial score (nSPS) is 10.9. The Hall–Kier alpha value is -1.46. The van der Waals surface area contributed by atoms with Crippen molar-refractivity contribution < 1.29 is 0 Å². The molecule has 2 heterocycles. The maximum absolute atomic E-state index is 4.32. The molecular weight excluding hydrogens is 256 g/mol. The molecule has 1 N–H and O–H groups in total. The van der Waals surface area contributed by atoms with E-state index in [-0.39, 0.29) is 0 Å². The number of aromatic nitrogens is 2. The third kappa shape index (κ3) is 4.61. The van der Waals surface area contributed by atoms with Crippen LogP contribution < -0.4 is 5.32 Å². The fourth-order valence-corrected chi connectivity index (χ4v) is 2.43. The number of nitrogens with one attached hydrogen (secondary N) is 1. The molecule has 0 radical (unpaired) electrons. The van der Waals surface area contributed by atoms with Crippen LogP contribution in [0, 0.1) is 0 Å². The highest BCUT2D eigenvalue weighted by Gasteiger charge is 2.04. The molecule has 0 fully saturated rings. The van der Waals surface area contributed by atoms with Crippen molar-refractivity contribution >= 4 is 17.2 Å². The second-order valence-corrected chi connectivity index (χ2v) is 5.35. The fraction of sp³-hybridized carbons (Fsp3) is 0.429. The number of thiazole rings is 1. The number of hydrogen-bond acceptors (Lipinski definition) is 5. The lowest BCUT2D eigenvalue weighted by atomic mass is 10.2. The zero-order chi connectivity index (χ0) is 13.5. The summed E-state index contributed by atoms with van der Waals surface area (Å²) in [5, 5.41) is 5.41. The van der Waals surface area contributed by atoms with E-state index in [2.05, 4.69) is 51.7 Å². The van der Waals surface area contributed by atoms with Gasteiger partial charge in [0.15, 0.2) is 0 Å². The van der Waals surface area contributed by atoms with Crippen molar-refractivity contribution in [3.05, 3.63) is 40.5 Å². The summed E-state index contributed by atoms with van der Waals surface area (Å²) in [6, 6.07) is 4.18. The summed E-state index contributed by atoms with van der Waals surface area (Å²) >= 11 is 1.64. The summed E-state index contributed by atoms with van der Waals surface area (Å²) in [6.07, 6.45) is 2.97. The highest BCUT2D eigenvalue weighted by molar-refractivity contribution is 7.07. The first-order chi connectivity index (χ1) is 9.28. The standard InChI is InChI=1S/C14H20N4S/c1-3-5-15-14-7-12(4-6-16-14)8-18(2)9-13-10-19-11-17-13/h4,6-7,10-11H,3,5,8-9H2,1-2H3,(H,15,16). The van der Waals surface area contributed by atoms with Crippen LogP contribution in [0.1, 0.15) is 24.6 Å². The van der Waals surface area contributed by atoms with Crippen LogP contribution in [0.2, 0.25) is 0 Å². The van der Waals surface area contributed by atoms with Crippen LogP contribution in [-0.2, 0) is 13.1 Å². The van der Waals surface area contributed by atoms with Crippen LogP contribution in [0.15, 0.2) is 29.2 Å². The van der Waals surface area contributed by atoms with Gasteiger partial charge in [-0.25, -0.2) is 9.97 Å². The van der Waals surface area contributed by atoms with Crippen LogP contribution in [0.4, 0.5) is 5.82 Å².